The number of hydrogen-bond acceptors (Lipinski definition) is 7. The van der Waals surface area contributed by atoms with E-state index < -0.39 is 11.8 Å². The molecule has 2 aliphatic rings. The van der Waals surface area contributed by atoms with Gasteiger partial charge < -0.3 is 0 Å². The zero-order valence-electron chi connectivity index (χ0n) is 18.4. The average Bonchev–Trinajstić information content (AvgIpc) is 3.22. The lowest BCUT2D eigenvalue weighted by atomic mass is 10.3. The Morgan fingerprint density at radius 3 is 1.41 bits per heavy atom. The van der Waals surface area contributed by atoms with E-state index in [1.807, 2.05) is 0 Å². The van der Waals surface area contributed by atoms with Crippen LogP contribution in [0.25, 0.3) is 0 Å². The number of nitrogens with zero attached hydrogens (tertiary/aromatic N) is 2. The number of Topliss-reactive ketones (excluding diaryl/α,β-unsaturated/α-hetero) is 1. The third kappa shape index (κ3) is 4.62. The van der Waals surface area contributed by atoms with E-state index in [2.05, 4.69) is 0 Å². The van der Waals surface area contributed by atoms with Gasteiger partial charge in [0, 0.05) is 33.1 Å². The van der Waals surface area contributed by atoms with Gasteiger partial charge in [-0.2, -0.15) is 0 Å². The minimum Gasteiger partial charge on any atom is -0.298 e. The average molecular weight is 493 g/mol. The second kappa shape index (κ2) is 9.82. The first-order valence-electron chi connectivity index (χ1n) is 10.4. The highest BCUT2D eigenvalue weighted by atomic mass is 32.2. The Morgan fingerprint density at radius 1 is 0.676 bits per heavy atom. The van der Waals surface area contributed by atoms with Crippen molar-refractivity contribution in [3.63, 3.8) is 0 Å². The third-order valence-electron chi connectivity index (χ3n) is 5.19. The summed E-state index contributed by atoms with van der Waals surface area (Å²) in [7, 11) is 0. The second-order valence-corrected chi connectivity index (χ2v) is 9.70. The van der Waals surface area contributed by atoms with Crippen LogP contribution in [0.2, 0.25) is 0 Å². The predicted molar refractivity (Wildman–Crippen MR) is 132 cm³/mol. The van der Waals surface area contributed by atoms with Crippen molar-refractivity contribution in [2.24, 2.45) is 0 Å². The van der Waals surface area contributed by atoms with Crippen LogP contribution in [0.15, 0.2) is 81.6 Å². The van der Waals surface area contributed by atoms with Gasteiger partial charge in [0.1, 0.15) is 0 Å². The van der Waals surface area contributed by atoms with Gasteiger partial charge >= 0.3 is 0 Å². The normalized spacial score (nSPS) is 15.8. The van der Waals surface area contributed by atoms with Crippen LogP contribution in [0.3, 0.4) is 0 Å². The molecule has 172 valence electrons. The summed E-state index contributed by atoms with van der Waals surface area (Å²) in [5.74, 6) is -1.33. The number of carbonyl (C=O) groups excluding carboxylic acids is 5. The molecule has 0 saturated carbocycles. The number of benzene rings is 2. The Labute approximate surface area is 204 Å². The molecule has 2 aromatic rings. The molecule has 0 spiro atoms. The van der Waals surface area contributed by atoms with Crippen molar-refractivity contribution in [2.75, 3.05) is 21.3 Å². The van der Waals surface area contributed by atoms with Gasteiger partial charge in [0.05, 0.1) is 22.9 Å². The molecular weight excluding hydrogens is 472 g/mol. The van der Waals surface area contributed by atoms with E-state index in [4.69, 9.17) is 0 Å². The number of amides is 4. The number of thioether (sulfide) groups is 2. The number of para-hydroxylation sites is 2. The van der Waals surface area contributed by atoms with Gasteiger partial charge in [0.15, 0.2) is 5.78 Å². The van der Waals surface area contributed by atoms with Crippen molar-refractivity contribution in [3.05, 3.63) is 71.8 Å². The lowest BCUT2D eigenvalue weighted by Gasteiger charge is -2.18. The second-order valence-electron chi connectivity index (χ2n) is 7.66. The van der Waals surface area contributed by atoms with Crippen molar-refractivity contribution in [1.29, 1.82) is 0 Å². The maximum Gasteiger partial charge on any atom is 0.261 e. The number of rotatable bonds is 8. The van der Waals surface area contributed by atoms with E-state index >= 15 is 0 Å². The Hall–Kier alpha value is -3.43. The van der Waals surface area contributed by atoms with Crippen molar-refractivity contribution in [3.8, 4) is 0 Å². The summed E-state index contributed by atoms with van der Waals surface area (Å²) in [6.07, 6.45) is 2.60. The summed E-state index contributed by atoms with van der Waals surface area (Å²) in [5.41, 5.74) is 1.65. The van der Waals surface area contributed by atoms with Crippen LogP contribution in [-0.4, -0.2) is 40.9 Å². The molecule has 0 atom stereocenters. The summed E-state index contributed by atoms with van der Waals surface area (Å²) >= 11 is 2.51. The largest absolute Gasteiger partial charge is 0.298 e. The number of ketones is 1. The van der Waals surface area contributed by atoms with E-state index in [1.54, 1.807) is 62.4 Å². The number of carbonyl (C=O) groups is 5. The predicted octanol–water partition coefficient (Wildman–Crippen LogP) is 3.78. The molecule has 2 aliphatic heterocycles. The van der Waals surface area contributed by atoms with Crippen molar-refractivity contribution in [2.45, 2.75) is 23.6 Å². The lowest BCUT2D eigenvalue weighted by Crippen LogP contribution is -2.31. The molecule has 2 aromatic carbocycles. The highest BCUT2D eigenvalue weighted by molar-refractivity contribution is 8.01. The topological polar surface area (TPSA) is 91.8 Å². The van der Waals surface area contributed by atoms with Crippen molar-refractivity contribution < 1.29 is 24.0 Å². The van der Waals surface area contributed by atoms with Gasteiger partial charge in [-0.15, -0.1) is 23.5 Å². The fourth-order valence-electron chi connectivity index (χ4n) is 3.52. The van der Waals surface area contributed by atoms with Gasteiger partial charge in [0.2, 0.25) is 0 Å². The van der Waals surface area contributed by atoms with Crippen LogP contribution < -0.4 is 9.80 Å². The number of hydrogen-bond donors (Lipinski definition) is 0. The van der Waals surface area contributed by atoms with Crippen LogP contribution in [0.5, 0.6) is 0 Å². The molecule has 0 aromatic heterocycles. The smallest absolute Gasteiger partial charge is 0.261 e. The van der Waals surface area contributed by atoms with Crippen LogP contribution in [0.1, 0.15) is 13.8 Å². The Kier molecular flexibility index (Phi) is 6.85. The zero-order valence-corrected chi connectivity index (χ0v) is 20.1. The molecule has 34 heavy (non-hydrogen) atoms. The summed E-state index contributed by atoms with van der Waals surface area (Å²) < 4.78 is 0. The fraction of sp³-hybridized carbons (Fsp3) is 0.160. The van der Waals surface area contributed by atoms with Gasteiger partial charge in [-0.1, -0.05) is 24.3 Å². The molecule has 9 heteroatoms. The first kappa shape index (κ1) is 23.7. The SMILES string of the molecule is CC1=CC(=O)N(c2ccccc2SCC(=O)CSc2ccccc2N2C(=O)C=C(C)C2=O)C1=O. The first-order valence-corrected chi connectivity index (χ1v) is 12.3. The monoisotopic (exact) mass is 492 g/mol. The maximum atomic E-state index is 12.7. The van der Waals surface area contributed by atoms with Gasteiger partial charge in [0.25, 0.3) is 23.6 Å². The van der Waals surface area contributed by atoms with E-state index in [1.165, 1.54) is 35.7 Å². The van der Waals surface area contributed by atoms with E-state index in [0.29, 0.717) is 32.3 Å². The minimum atomic E-state index is -0.398. The summed E-state index contributed by atoms with van der Waals surface area (Å²) in [6, 6.07) is 13.9. The van der Waals surface area contributed by atoms with Gasteiger partial charge in [-0.3, -0.25) is 24.0 Å². The van der Waals surface area contributed by atoms with Crippen LogP contribution in [-0.2, 0) is 24.0 Å². The molecule has 4 amide bonds. The molecule has 0 saturated heterocycles. The maximum absolute atomic E-state index is 12.7. The van der Waals surface area contributed by atoms with Crippen LogP contribution in [0, 0.1) is 0 Å². The lowest BCUT2D eigenvalue weighted by molar-refractivity contribution is -0.121. The third-order valence-corrected chi connectivity index (χ3v) is 7.44. The highest BCUT2D eigenvalue weighted by Crippen LogP contribution is 2.35. The highest BCUT2D eigenvalue weighted by Gasteiger charge is 2.32. The first-order chi connectivity index (χ1) is 16.3. The van der Waals surface area contributed by atoms with E-state index in [0.717, 1.165) is 9.80 Å². The minimum absolute atomic E-state index is 0.0682. The summed E-state index contributed by atoms with van der Waals surface area (Å²) in [5, 5.41) is 0. The molecule has 0 fully saturated rings. The molecule has 2 heterocycles. The van der Waals surface area contributed by atoms with Crippen LogP contribution >= 0.6 is 23.5 Å². The molecule has 4 rings (SSSR count). The van der Waals surface area contributed by atoms with Gasteiger partial charge in [-0.25, -0.2) is 9.80 Å². The Morgan fingerprint density at radius 2 is 1.06 bits per heavy atom. The molecule has 7 nitrogen and oxygen atoms in total. The Bertz CT molecular complexity index is 1200. The van der Waals surface area contributed by atoms with Crippen molar-refractivity contribution >= 4 is 64.3 Å². The standard InChI is InChI=1S/C25H20N2O5S2/c1-15-11-22(29)26(24(15)31)18-7-3-5-9-20(18)33-13-17(28)14-34-21-10-6-4-8-19(21)27-23(30)12-16(2)25(27)32/h3-12H,13-14H2,1-2H3. The molecule has 0 N–H and O–H groups in total. The molecule has 0 bridgehead atoms. The fourth-order valence-corrected chi connectivity index (χ4v) is 5.45. The van der Waals surface area contributed by atoms with E-state index in [-0.39, 0.29) is 29.1 Å². The number of imide groups is 2. The molecular formula is C25H20N2O5S2. The Balaban J connectivity index is 1.41. The molecule has 0 unspecified atom stereocenters. The zero-order chi connectivity index (χ0) is 24.4. The van der Waals surface area contributed by atoms with Gasteiger partial charge in [-0.05, 0) is 38.1 Å². The number of anilines is 2. The van der Waals surface area contributed by atoms with Crippen LogP contribution in [0.4, 0.5) is 11.4 Å². The molecule has 0 radical (unpaired) electrons. The quantitative estimate of drug-likeness (QED) is 0.409. The summed E-state index contributed by atoms with van der Waals surface area (Å²) in [6.45, 7) is 3.18. The molecule has 0 aliphatic carbocycles. The summed E-state index contributed by atoms with van der Waals surface area (Å²) in [4.78, 5) is 65.4. The van der Waals surface area contributed by atoms with Crippen molar-refractivity contribution in [1.82, 2.24) is 0 Å². The van der Waals surface area contributed by atoms with E-state index in [9.17, 15) is 24.0 Å².